The SMILES string of the molecule is O=C(CCCc1ccccc1Cl)NCC1(O)CCCC1. The number of hydrogen-bond acceptors (Lipinski definition) is 2. The van der Waals surface area contributed by atoms with Gasteiger partial charge in [-0.1, -0.05) is 42.6 Å². The number of benzene rings is 1. The van der Waals surface area contributed by atoms with E-state index in [-0.39, 0.29) is 5.91 Å². The molecule has 0 aromatic heterocycles. The summed E-state index contributed by atoms with van der Waals surface area (Å²) in [7, 11) is 0. The van der Waals surface area contributed by atoms with Gasteiger partial charge >= 0.3 is 0 Å². The first kappa shape index (κ1) is 15.3. The summed E-state index contributed by atoms with van der Waals surface area (Å²) in [5, 5.41) is 13.7. The van der Waals surface area contributed by atoms with Gasteiger partial charge in [-0.05, 0) is 37.3 Å². The molecule has 0 heterocycles. The third kappa shape index (κ3) is 4.50. The van der Waals surface area contributed by atoms with Gasteiger partial charge in [0.25, 0.3) is 0 Å². The Kier molecular flexibility index (Phi) is 5.44. The van der Waals surface area contributed by atoms with Crippen molar-refractivity contribution in [3.05, 3.63) is 34.9 Å². The molecule has 0 unspecified atom stereocenters. The number of amides is 1. The van der Waals surface area contributed by atoms with Gasteiger partial charge in [0.15, 0.2) is 0 Å². The van der Waals surface area contributed by atoms with Crippen molar-refractivity contribution >= 4 is 17.5 Å². The lowest BCUT2D eigenvalue weighted by Crippen LogP contribution is -2.40. The maximum absolute atomic E-state index is 11.8. The van der Waals surface area contributed by atoms with Gasteiger partial charge in [-0.15, -0.1) is 0 Å². The fourth-order valence-electron chi connectivity index (χ4n) is 2.70. The minimum atomic E-state index is -0.668. The number of carbonyl (C=O) groups is 1. The van der Waals surface area contributed by atoms with Crippen molar-refractivity contribution in [1.29, 1.82) is 0 Å². The van der Waals surface area contributed by atoms with Gasteiger partial charge in [-0.3, -0.25) is 4.79 Å². The first-order valence-corrected chi connectivity index (χ1v) is 7.69. The quantitative estimate of drug-likeness (QED) is 0.847. The Bertz CT molecular complexity index is 456. The number of carbonyl (C=O) groups excluding carboxylic acids is 1. The van der Waals surface area contributed by atoms with Crippen molar-refractivity contribution in [2.75, 3.05) is 6.54 Å². The van der Waals surface area contributed by atoms with E-state index < -0.39 is 5.60 Å². The average molecular weight is 296 g/mol. The van der Waals surface area contributed by atoms with Crippen LogP contribution >= 0.6 is 11.6 Å². The Hall–Kier alpha value is -1.06. The zero-order valence-corrected chi connectivity index (χ0v) is 12.5. The molecule has 0 radical (unpaired) electrons. The lowest BCUT2D eigenvalue weighted by atomic mass is 10.0. The van der Waals surface area contributed by atoms with Crippen LogP contribution in [0.4, 0.5) is 0 Å². The summed E-state index contributed by atoms with van der Waals surface area (Å²) in [6.45, 7) is 0.387. The fraction of sp³-hybridized carbons (Fsp3) is 0.562. The largest absolute Gasteiger partial charge is 0.388 e. The number of hydrogen-bond donors (Lipinski definition) is 2. The molecule has 2 N–H and O–H groups in total. The molecule has 1 aliphatic carbocycles. The van der Waals surface area contributed by atoms with E-state index >= 15 is 0 Å². The molecule has 0 spiro atoms. The Morgan fingerprint density at radius 2 is 2.00 bits per heavy atom. The second-order valence-electron chi connectivity index (χ2n) is 5.65. The van der Waals surface area contributed by atoms with E-state index in [0.717, 1.165) is 49.1 Å². The molecule has 0 aliphatic heterocycles. The second kappa shape index (κ2) is 7.09. The number of rotatable bonds is 6. The molecular weight excluding hydrogens is 274 g/mol. The van der Waals surface area contributed by atoms with Crippen LogP contribution in [0.15, 0.2) is 24.3 Å². The molecular formula is C16H22ClNO2. The Labute approximate surface area is 125 Å². The standard InChI is InChI=1S/C16H22ClNO2/c17-14-8-2-1-6-13(14)7-5-9-15(19)18-12-16(20)10-3-4-11-16/h1-2,6,8,20H,3-5,7,9-12H2,(H,18,19). The maximum Gasteiger partial charge on any atom is 0.220 e. The van der Waals surface area contributed by atoms with Gasteiger partial charge in [-0.25, -0.2) is 0 Å². The van der Waals surface area contributed by atoms with Crippen LogP contribution in [-0.4, -0.2) is 23.2 Å². The lowest BCUT2D eigenvalue weighted by molar-refractivity contribution is -0.122. The van der Waals surface area contributed by atoms with E-state index in [1.807, 2.05) is 24.3 Å². The van der Waals surface area contributed by atoms with Gasteiger partial charge in [0.05, 0.1) is 5.60 Å². The molecule has 1 aromatic carbocycles. The molecule has 1 aromatic rings. The van der Waals surface area contributed by atoms with Crippen molar-refractivity contribution in [1.82, 2.24) is 5.32 Å². The molecule has 1 amide bonds. The minimum Gasteiger partial charge on any atom is -0.388 e. The zero-order chi connectivity index (χ0) is 14.4. The molecule has 0 bridgehead atoms. The van der Waals surface area contributed by atoms with Crippen LogP contribution in [0.5, 0.6) is 0 Å². The van der Waals surface area contributed by atoms with E-state index in [2.05, 4.69) is 5.32 Å². The van der Waals surface area contributed by atoms with Crippen LogP contribution in [0, 0.1) is 0 Å². The Morgan fingerprint density at radius 3 is 2.70 bits per heavy atom. The molecule has 2 rings (SSSR count). The summed E-state index contributed by atoms with van der Waals surface area (Å²) in [4.78, 5) is 11.8. The first-order chi connectivity index (χ1) is 9.59. The van der Waals surface area contributed by atoms with Gasteiger partial charge < -0.3 is 10.4 Å². The second-order valence-corrected chi connectivity index (χ2v) is 6.06. The predicted molar refractivity (Wildman–Crippen MR) is 80.8 cm³/mol. The number of aliphatic hydroxyl groups is 1. The molecule has 4 heteroatoms. The summed E-state index contributed by atoms with van der Waals surface area (Å²) in [6.07, 6.45) is 5.75. The van der Waals surface area contributed by atoms with Crippen LogP contribution in [0.1, 0.15) is 44.1 Å². The number of halogens is 1. The summed E-state index contributed by atoms with van der Waals surface area (Å²) in [5.41, 5.74) is 0.412. The highest BCUT2D eigenvalue weighted by atomic mass is 35.5. The third-order valence-corrected chi connectivity index (χ3v) is 4.33. The van der Waals surface area contributed by atoms with Crippen molar-refractivity contribution in [3.63, 3.8) is 0 Å². The highest BCUT2D eigenvalue weighted by Crippen LogP contribution is 2.28. The fourth-order valence-corrected chi connectivity index (χ4v) is 2.93. The first-order valence-electron chi connectivity index (χ1n) is 7.32. The number of nitrogens with one attached hydrogen (secondary N) is 1. The van der Waals surface area contributed by atoms with Crippen LogP contribution in [0.2, 0.25) is 5.02 Å². The van der Waals surface area contributed by atoms with Crippen LogP contribution in [0.3, 0.4) is 0 Å². The third-order valence-electron chi connectivity index (χ3n) is 3.96. The normalized spacial score (nSPS) is 17.1. The van der Waals surface area contributed by atoms with Gasteiger partial charge in [0.1, 0.15) is 0 Å². The molecule has 110 valence electrons. The van der Waals surface area contributed by atoms with Crippen molar-refractivity contribution in [2.24, 2.45) is 0 Å². The topological polar surface area (TPSA) is 49.3 Å². The van der Waals surface area contributed by atoms with E-state index in [0.29, 0.717) is 13.0 Å². The lowest BCUT2D eigenvalue weighted by Gasteiger charge is -2.22. The molecule has 1 saturated carbocycles. The van der Waals surface area contributed by atoms with E-state index in [1.165, 1.54) is 0 Å². The molecule has 3 nitrogen and oxygen atoms in total. The van der Waals surface area contributed by atoms with Gasteiger partial charge in [0.2, 0.25) is 5.91 Å². The average Bonchev–Trinajstić information content (AvgIpc) is 2.86. The Morgan fingerprint density at radius 1 is 1.30 bits per heavy atom. The van der Waals surface area contributed by atoms with Crippen LogP contribution < -0.4 is 5.32 Å². The van der Waals surface area contributed by atoms with Crippen molar-refractivity contribution < 1.29 is 9.90 Å². The molecule has 20 heavy (non-hydrogen) atoms. The highest BCUT2D eigenvalue weighted by Gasteiger charge is 2.31. The predicted octanol–water partition coefficient (Wildman–Crippen LogP) is 3.08. The van der Waals surface area contributed by atoms with E-state index in [9.17, 15) is 9.90 Å². The van der Waals surface area contributed by atoms with Crippen LogP contribution in [0.25, 0.3) is 0 Å². The maximum atomic E-state index is 11.8. The highest BCUT2D eigenvalue weighted by molar-refractivity contribution is 6.31. The summed E-state index contributed by atoms with van der Waals surface area (Å²) in [5.74, 6) is 0.0115. The molecule has 1 aliphatic rings. The van der Waals surface area contributed by atoms with Crippen molar-refractivity contribution in [3.8, 4) is 0 Å². The summed E-state index contributed by atoms with van der Waals surface area (Å²) in [6, 6.07) is 7.71. The monoisotopic (exact) mass is 295 g/mol. The van der Waals surface area contributed by atoms with Gasteiger partial charge in [-0.2, -0.15) is 0 Å². The summed E-state index contributed by atoms with van der Waals surface area (Å²) < 4.78 is 0. The molecule has 1 fully saturated rings. The van der Waals surface area contributed by atoms with Gasteiger partial charge in [0, 0.05) is 18.0 Å². The molecule has 0 saturated heterocycles. The molecule has 0 atom stereocenters. The minimum absolute atomic E-state index is 0.0115. The van der Waals surface area contributed by atoms with Crippen molar-refractivity contribution in [2.45, 2.75) is 50.5 Å². The number of aryl methyl sites for hydroxylation is 1. The van der Waals surface area contributed by atoms with Crippen LogP contribution in [-0.2, 0) is 11.2 Å². The Balaban J connectivity index is 1.67. The smallest absolute Gasteiger partial charge is 0.220 e. The zero-order valence-electron chi connectivity index (χ0n) is 11.7. The van der Waals surface area contributed by atoms with E-state index in [1.54, 1.807) is 0 Å². The van der Waals surface area contributed by atoms with E-state index in [4.69, 9.17) is 11.6 Å². The summed E-state index contributed by atoms with van der Waals surface area (Å²) >= 11 is 6.07.